The van der Waals surface area contributed by atoms with Gasteiger partial charge in [0.2, 0.25) is 0 Å². The summed E-state index contributed by atoms with van der Waals surface area (Å²) in [5.74, 6) is -0.174. The van der Waals surface area contributed by atoms with E-state index in [1.54, 1.807) is 17.8 Å². The molecule has 0 bridgehead atoms. The number of amides is 2. The standard InChI is InChI=1S/C25H27N5O3S/c1-25(2)21(16-6-4-3-5-7-16)30(24(32)33-25)19-10-8-18(9-11-19)28-22(31)20-14-34-23(29-20)17-12-26-15-27-13-17/h3-7,12-15,18-19,21H,8-11H2,1-2H3,(H,28,31)/t18-,19-,21-/m0/s1. The molecular weight excluding hydrogens is 450 g/mol. The van der Waals surface area contributed by atoms with Crippen molar-refractivity contribution in [3.8, 4) is 10.6 Å². The van der Waals surface area contributed by atoms with Crippen LogP contribution in [0.4, 0.5) is 4.79 Å². The fourth-order valence-electron chi connectivity index (χ4n) is 5.01. The smallest absolute Gasteiger partial charge is 0.411 e. The first-order valence-electron chi connectivity index (χ1n) is 11.5. The lowest BCUT2D eigenvalue weighted by atomic mass is 9.86. The molecule has 1 aromatic carbocycles. The van der Waals surface area contributed by atoms with E-state index in [1.807, 2.05) is 36.9 Å². The minimum Gasteiger partial charge on any atom is -0.441 e. The second kappa shape index (κ2) is 9.13. The highest BCUT2D eigenvalue weighted by Gasteiger charge is 2.51. The van der Waals surface area contributed by atoms with E-state index in [2.05, 4.69) is 32.4 Å². The zero-order valence-electron chi connectivity index (χ0n) is 19.2. The molecule has 2 amide bonds. The Morgan fingerprint density at radius 2 is 1.82 bits per heavy atom. The number of cyclic esters (lactones) is 1. The number of hydrogen-bond acceptors (Lipinski definition) is 7. The zero-order valence-corrected chi connectivity index (χ0v) is 20.0. The SMILES string of the molecule is CC1(C)OC(=O)N([C@H]2CC[C@H](NC(=O)c3csc(-c4cncnc4)n3)CC2)[C@H]1c1ccccc1. The molecule has 1 aliphatic heterocycles. The lowest BCUT2D eigenvalue weighted by Gasteiger charge is -2.38. The number of rotatable bonds is 5. The van der Waals surface area contributed by atoms with E-state index in [0.29, 0.717) is 5.69 Å². The number of carbonyl (C=O) groups excluding carboxylic acids is 2. The summed E-state index contributed by atoms with van der Waals surface area (Å²) < 4.78 is 5.77. The summed E-state index contributed by atoms with van der Waals surface area (Å²) in [5.41, 5.74) is 1.67. The van der Waals surface area contributed by atoms with Crippen molar-refractivity contribution in [3.63, 3.8) is 0 Å². The Labute approximate surface area is 202 Å². The van der Waals surface area contributed by atoms with Crippen molar-refractivity contribution in [2.45, 2.75) is 63.3 Å². The van der Waals surface area contributed by atoms with Gasteiger partial charge in [-0.15, -0.1) is 11.3 Å². The predicted octanol–water partition coefficient (Wildman–Crippen LogP) is 4.61. The van der Waals surface area contributed by atoms with Crippen molar-refractivity contribution in [1.29, 1.82) is 0 Å². The Kier molecular flexibility index (Phi) is 6.03. The van der Waals surface area contributed by atoms with Crippen LogP contribution in [0, 0.1) is 0 Å². The van der Waals surface area contributed by atoms with Crippen molar-refractivity contribution >= 4 is 23.3 Å². The summed E-state index contributed by atoms with van der Waals surface area (Å²) in [6.07, 6.45) is 7.78. The van der Waals surface area contributed by atoms with E-state index in [4.69, 9.17) is 4.74 Å². The van der Waals surface area contributed by atoms with Crippen LogP contribution in [0.25, 0.3) is 10.6 Å². The quantitative estimate of drug-likeness (QED) is 0.576. The third-order valence-electron chi connectivity index (χ3n) is 6.58. The number of thiazole rings is 1. The molecule has 0 spiro atoms. The van der Waals surface area contributed by atoms with Crippen LogP contribution in [0.2, 0.25) is 0 Å². The van der Waals surface area contributed by atoms with Crippen LogP contribution in [0.5, 0.6) is 0 Å². The maximum absolute atomic E-state index is 12.9. The average Bonchev–Trinajstić information content (AvgIpc) is 3.43. The molecule has 34 heavy (non-hydrogen) atoms. The molecule has 0 unspecified atom stereocenters. The number of nitrogens with zero attached hydrogens (tertiary/aromatic N) is 4. The molecule has 2 aliphatic rings. The monoisotopic (exact) mass is 477 g/mol. The maximum atomic E-state index is 12.9. The molecule has 1 saturated carbocycles. The molecule has 3 heterocycles. The molecule has 1 atom stereocenters. The van der Waals surface area contributed by atoms with Gasteiger partial charge in [0.25, 0.3) is 5.91 Å². The molecule has 1 saturated heterocycles. The van der Waals surface area contributed by atoms with Crippen molar-refractivity contribution in [2.24, 2.45) is 0 Å². The lowest BCUT2D eigenvalue weighted by molar-refractivity contribution is 0.0663. The molecule has 9 heteroatoms. The Morgan fingerprint density at radius 3 is 2.53 bits per heavy atom. The molecule has 2 fully saturated rings. The lowest BCUT2D eigenvalue weighted by Crippen LogP contribution is -2.46. The topological polar surface area (TPSA) is 97.3 Å². The van der Waals surface area contributed by atoms with Gasteiger partial charge in [0.05, 0.1) is 6.04 Å². The van der Waals surface area contributed by atoms with Crippen LogP contribution in [0.15, 0.2) is 54.4 Å². The Hall–Kier alpha value is -3.33. The Bertz CT molecular complexity index is 1160. The summed E-state index contributed by atoms with van der Waals surface area (Å²) in [5, 5.41) is 5.60. The first-order chi connectivity index (χ1) is 16.4. The summed E-state index contributed by atoms with van der Waals surface area (Å²) in [4.78, 5) is 40.0. The summed E-state index contributed by atoms with van der Waals surface area (Å²) in [7, 11) is 0. The molecule has 176 valence electrons. The average molecular weight is 478 g/mol. The minimum absolute atomic E-state index is 0.0516. The second-order valence-electron chi connectivity index (χ2n) is 9.34. The first kappa shape index (κ1) is 22.5. The van der Waals surface area contributed by atoms with Crippen LogP contribution >= 0.6 is 11.3 Å². The van der Waals surface area contributed by atoms with E-state index >= 15 is 0 Å². The van der Waals surface area contributed by atoms with E-state index in [9.17, 15) is 9.59 Å². The largest absolute Gasteiger partial charge is 0.441 e. The molecule has 2 aromatic heterocycles. The summed E-state index contributed by atoms with van der Waals surface area (Å²) in [6, 6.07) is 10.1. The van der Waals surface area contributed by atoms with Gasteiger partial charge in [0, 0.05) is 35.4 Å². The summed E-state index contributed by atoms with van der Waals surface area (Å²) >= 11 is 1.40. The van der Waals surface area contributed by atoms with Gasteiger partial charge in [-0.25, -0.2) is 19.7 Å². The molecular formula is C25H27N5O3S. The van der Waals surface area contributed by atoms with Gasteiger partial charge in [-0.3, -0.25) is 9.69 Å². The van der Waals surface area contributed by atoms with Crippen molar-refractivity contribution in [3.05, 3.63) is 65.7 Å². The van der Waals surface area contributed by atoms with Gasteiger partial charge < -0.3 is 10.1 Å². The van der Waals surface area contributed by atoms with Crippen LogP contribution in [0.3, 0.4) is 0 Å². The maximum Gasteiger partial charge on any atom is 0.411 e. The van der Waals surface area contributed by atoms with E-state index in [1.165, 1.54) is 17.7 Å². The number of hydrogen-bond donors (Lipinski definition) is 1. The van der Waals surface area contributed by atoms with Crippen LogP contribution in [0.1, 0.15) is 61.6 Å². The third-order valence-corrected chi connectivity index (χ3v) is 7.47. The van der Waals surface area contributed by atoms with Crippen molar-refractivity contribution < 1.29 is 14.3 Å². The van der Waals surface area contributed by atoms with E-state index < -0.39 is 5.60 Å². The van der Waals surface area contributed by atoms with Crippen LogP contribution in [-0.4, -0.2) is 49.5 Å². The highest BCUT2D eigenvalue weighted by molar-refractivity contribution is 7.13. The zero-order chi connectivity index (χ0) is 23.7. The van der Waals surface area contributed by atoms with Crippen LogP contribution in [-0.2, 0) is 4.74 Å². The number of nitrogens with one attached hydrogen (secondary N) is 1. The van der Waals surface area contributed by atoms with Gasteiger partial charge >= 0.3 is 6.09 Å². The minimum atomic E-state index is -0.602. The third kappa shape index (κ3) is 4.40. The van der Waals surface area contributed by atoms with Gasteiger partial charge in [-0.1, -0.05) is 30.3 Å². The van der Waals surface area contributed by atoms with Gasteiger partial charge in [-0.2, -0.15) is 0 Å². The fourth-order valence-corrected chi connectivity index (χ4v) is 5.78. The highest BCUT2D eigenvalue weighted by atomic mass is 32.1. The molecule has 5 rings (SSSR count). The second-order valence-corrected chi connectivity index (χ2v) is 10.2. The number of benzene rings is 1. The fraction of sp³-hybridized carbons (Fsp3) is 0.400. The van der Waals surface area contributed by atoms with Gasteiger partial charge in [0.15, 0.2) is 0 Å². The highest BCUT2D eigenvalue weighted by Crippen LogP contribution is 2.44. The molecule has 0 radical (unpaired) electrons. The Balaban J connectivity index is 1.22. The first-order valence-corrected chi connectivity index (χ1v) is 12.4. The van der Waals surface area contributed by atoms with Crippen molar-refractivity contribution in [1.82, 2.24) is 25.2 Å². The molecule has 3 aromatic rings. The number of ether oxygens (including phenoxy) is 1. The van der Waals surface area contributed by atoms with Crippen molar-refractivity contribution in [2.75, 3.05) is 0 Å². The van der Waals surface area contributed by atoms with E-state index in [-0.39, 0.29) is 30.1 Å². The molecule has 1 N–H and O–H groups in total. The normalized spacial score (nSPS) is 24.0. The van der Waals surface area contributed by atoms with E-state index in [0.717, 1.165) is 41.8 Å². The number of carbonyl (C=O) groups is 2. The van der Waals surface area contributed by atoms with Crippen LogP contribution < -0.4 is 5.32 Å². The summed E-state index contributed by atoms with van der Waals surface area (Å²) in [6.45, 7) is 3.94. The molecule has 1 aliphatic carbocycles. The predicted molar refractivity (Wildman–Crippen MR) is 128 cm³/mol. The van der Waals surface area contributed by atoms with Gasteiger partial charge in [-0.05, 0) is 45.1 Å². The number of aromatic nitrogens is 3. The molecule has 8 nitrogen and oxygen atoms in total. The van der Waals surface area contributed by atoms with Gasteiger partial charge in [0.1, 0.15) is 22.6 Å². The Morgan fingerprint density at radius 1 is 1.12 bits per heavy atom.